The molecule has 0 aromatic carbocycles. The number of nitrogens with zero attached hydrogens (tertiary/aromatic N) is 5. The van der Waals surface area contributed by atoms with E-state index in [1.54, 1.807) is 0 Å². The van der Waals surface area contributed by atoms with Crippen LogP contribution in [0.25, 0.3) is 5.65 Å². The van der Waals surface area contributed by atoms with Crippen LogP contribution in [0.5, 0.6) is 0 Å². The number of aliphatic hydroxyl groups is 8. The van der Waals surface area contributed by atoms with Crippen LogP contribution in [-0.2, 0) is 21.3 Å². The molecule has 2 aliphatic heterocycles. The van der Waals surface area contributed by atoms with Crippen LogP contribution in [0.15, 0.2) is 11.1 Å². The van der Waals surface area contributed by atoms with Gasteiger partial charge in [-0.15, -0.1) is 5.10 Å². The summed E-state index contributed by atoms with van der Waals surface area (Å²) in [6, 6.07) is 0. The molecule has 19 heteroatoms. The fraction of sp³-hybridized carbons (Fsp3) is 0.722. The Hall–Kier alpha value is -2.69. The third-order valence-electron chi connectivity index (χ3n) is 5.71. The van der Waals surface area contributed by atoms with Crippen molar-refractivity contribution in [3.05, 3.63) is 22.5 Å². The number of hydrogen-bond acceptors (Lipinski definition) is 16. The molecule has 0 saturated carbocycles. The molecule has 0 unspecified atom stereocenters. The summed E-state index contributed by atoms with van der Waals surface area (Å²) in [5.74, 6) is -0.741. The molecule has 2 fully saturated rings. The van der Waals surface area contributed by atoms with E-state index in [4.69, 9.17) is 25.1 Å². The first kappa shape index (κ1) is 28.9. The van der Waals surface area contributed by atoms with Gasteiger partial charge in [-0.3, -0.25) is 4.79 Å². The van der Waals surface area contributed by atoms with Crippen molar-refractivity contribution in [2.45, 2.75) is 61.4 Å². The number of amides is 1. The number of imidazole rings is 1. The molecule has 1 amide bonds. The Morgan fingerprint density at radius 3 is 2.24 bits per heavy atom. The summed E-state index contributed by atoms with van der Waals surface area (Å²) in [5.41, 5.74) is 4.60. The predicted molar refractivity (Wildman–Crippen MR) is 113 cm³/mol. The molecular formula is C18H28N6O13. The number of nitrogens with two attached hydrogens (primary N) is 1. The Morgan fingerprint density at radius 2 is 1.65 bits per heavy atom. The summed E-state index contributed by atoms with van der Waals surface area (Å²) < 4.78 is 17.4. The quantitative estimate of drug-likeness (QED) is 0.171. The highest BCUT2D eigenvalue weighted by Crippen LogP contribution is 2.28. The zero-order valence-corrected chi connectivity index (χ0v) is 19.2. The lowest BCUT2D eigenvalue weighted by Crippen LogP contribution is -2.64. The van der Waals surface area contributed by atoms with E-state index in [2.05, 4.69) is 15.3 Å². The zero-order valence-electron chi connectivity index (χ0n) is 19.2. The van der Waals surface area contributed by atoms with Crippen molar-refractivity contribution in [2.24, 2.45) is 12.8 Å². The second kappa shape index (κ2) is 11.8. The minimum absolute atomic E-state index is 0.0600. The maximum atomic E-state index is 11.4. The second-order valence-corrected chi connectivity index (χ2v) is 8.17. The van der Waals surface area contributed by atoms with Crippen LogP contribution in [0.2, 0.25) is 0 Å². The lowest BCUT2D eigenvalue weighted by molar-refractivity contribution is -0.355. The van der Waals surface area contributed by atoms with E-state index in [1.807, 2.05) is 0 Å². The fourth-order valence-electron chi connectivity index (χ4n) is 3.62. The van der Waals surface area contributed by atoms with E-state index in [0.29, 0.717) is 0 Å². The van der Waals surface area contributed by atoms with Crippen molar-refractivity contribution in [1.82, 2.24) is 24.4 Å². The third kappa shape index (κ3) is 5.76. The van der Waals surface area contributed by atoms with Crippen LogP contribution in [-0.4, -0.2) is 146 Å². The largest absolute Gasteiger partial charge is 0.394 e. The minimum Gasteiger partial charge on any atom is -0.394 e. The number of carbonyl (C=O) groups is 1. The smallest absolute Gasteiger partial charge is 0.352 e. The van der Waals surface area contributed by atoms with Gasteiger partial charge in [-0.2, -0.15) is 4.68 Å². The molecule has 37 heavy (non-hydrogen) atoms. The van der Waals surface area contributed by atoms with Crippen molar-refractivity contribution in [2.75, 3.05) is 13.2 Å². The highest BCUT2D eigenvalue weighted by Gasteiger charge is 2.50. The number of aromatic nitrogens is 5. The Bertz CT molecular complexity index is 1130. The molecule has 2 aromatic heterocycles. The molecule has 2 saturated heterocycles. The van der Waals surface area contributed by atoms with Gasteiger partial charge in [0.05, 0.1) is 13.2 Å². The highest BCUT2D eigenvalue weighted by atomic mass is 16.7. The molecule has 4 heterocycles. The predicted octanol–water partition coefficient (Wildman–Crippen LogP) is -7.48. The molecule has 0 spiro atoms. The number of primary amides is 1. The van der Waals surface area contributed by atoms with Gasteiger partial charge in [-0.1, -0.05) is 5.21 Å². The summed E-state index contributed by atoms with van der Waals surface area (Å²) in [6.45, 7) is -1.35. The molecule has 19 nitrogen and oxygen atoms in total. The monoisotopic (exact) mass is 536 g/mol. The van der Waals surface area contributed by atoms with E-state index in [9.17, 15) is 45.3 Å². The van der Waals surface area contributed by atoms with E-state index in [1.165, 1.54) is 13.4 Å². The van der Waals surface area contributed by atoms with Gasteiger partial charge in [0.25, 0.3) is 5.91 Å². The summed E-state index contributed by atoms with van der Waals surface area (Å²) >= 11 is 0. The topological polar surface area (TPSA) is 298 Å². The van der Waals surface area contributed by atoms with Crippen LogP contribution in [0.1, 0.15) is 10.5 Å². The van der Waals surface area contributed by atoms with Crippen molar-refractivity contribution < 1.29 is 59.9 Å². The first-order valence-electron chi connectivity index (χ1n) is 10.8. The van der Waals surface area contributed by atoms with Gasteiger partial charge in [0.1, 0.15) is 55.2 Å². The lowest BCUT2D eigenvalue weighted by atomic mass is 9.97. The molecule has 0 bridgehead atoms. The van der Waals surface area contributed by atoms with Crippen LogP contribution in [0.3, 0.4) is 0 Å². The number of rotatable bonds is 5. The summed E-state index contributed by atoms with van der Waals surface area (Å²) in [4.78, 5) is 25.9. The number of aliphatic hydroxyl groups excluding tert-OH is 8. The van der Waals surface area contributed by atoms with E-state index in [-0.39, 0.29) is 11.3 Å². The number of ether oxygens (including phenoxy) is 3. The number of carbonyl (C=O) groups excluding carboxylic acids is 1. The minimum atomic E-state index is -1.74. The molecule has 2 aliphatic rings. The molecule has 0 radical (unpaired) electrons. The number of fused-ring (bicyclic) bond motifs is 1. The summed E-state index contributed by atoms with van der Waals surface area (Å²) in [6.07, 6.45) is -14.4. The summed E-state index contributed by atoms with van der Waals surface area (Å²) in [7, 11) is 1.44. The number of hydrogen-bond donors (Lipinski definition) is 9. The fourth-order valence-corrected chi connectivity index (χ4v) is 3.62. The first-order valence-corrected chi connectivity index (χ1v) is 10.8. The summed E-state index contributed by atoms with van der Waals surface area (Å²) in [5, 5.41) is 83.6. The zero-order chi connectivity index (χ0) is 27.6. The van der Waals surface area contributed by atoms with Crippen molar-refractivity contribution >= 4 is 11.6 Å². The Balaban J connectivity index is 0.000000231. The molecular weight excluding hydrogens is 508 g/mol. The maximum absolute atomic E-state index is 11.4. The normalized spacial score (nSPS) is 36.1. The lowest BCUT2D eigenvalue weighted by Gasteiger charge is -2.45. The van der Waals surface area contributed by atoms with Gasteiger partial charge in [-0.05, 0) is 0 Å². The Labute approximate surface area is 206 Å². The van der Waals surface area contributed by atoms with Gasteiger partial charge < -0.3 is 60.8 Å². The SMILES string of the molecule is Cn1nnc2c(C(N)=O)ncn2c1=O.OC[C@H]1O[C@@H](O[C@H]2[C@H](O)[C@@H](O)[C@H](O)O[C@@H]2CO)[C@H](O)[C@@H](O)[C@H]1O. The van der Waals surface area contributed by atoms with Gasteiger partial charge in [0, 0.05) is 7.05 Å². The van der Waals surface area contributed by atoms with Gasteiger partial charge in [-0.25, -0.2) is 14.2 Å². The van der Waals surface area contributed by atoms with Crippen LogP contribution < -0.4 is 11.4 Å². The Kier molecular flexibility index (Phi) is 9.20. The molecule has 0 aliphatic carbocycles. The third-order valence-corrected chi connectivity index (χ3v) is 5.71. The average Bonchev–Trinajstić information content (AvgIpc) is 3.32. The second-order valence-electron chi connectivity index (χ2n) is 8.17. The van der Waals surface area contributed by atoms with Crippen LogP contribution in [0.4, 0.5) is 0 Å². The highest BCUT2D eigenvalue weighted by molar-refractivity contribution is 5.96. The van der Waals surface area contributed by atoms with Crippen molar-refractivity contribution in [1.29, 1.82) is 0 Å². The van der Waals surface area contributed by atoms with Gasteiger partial charge in [0.2, 0.25) is 0 Å². The average molecular weight is 536 g/mol. The molecule has 10 N–H and O–H groups in total. The molecule has 2 aromatic rings. The Morgan fingerprint density at radius 1 is 1.00 bits per heavy atom. The molecule has 10 atom stereocenters. The number of aryl methyl sites for hydroxylation is 1. The van der Waals surface area contributed by atoms with Gasteiger partial charge in [0.15, 0.2) is 23.9 Å². The van der Waals surface area contributed by atoms with Gasteiger partial charge >= 0.3 is 5.69 Å². The van der Waals surface area contributed by atoms with E-state index in [0.717, 1.165) is 9.08 Å². The standard InChI is InChI=1S/C12H22O11.C6H6N6O2/c13-1-3-5(15)6(16)9(19)12(22-3)23-10-4(2-14)21-11(20)8(18)7(10)17;1-11-6(14)12-2-8-3(4(7)13)5(12)9-10-11/h3-20H,1-2H2;2H,1H3,(H2,7,13)/t3-,4-,5+,6+,7-,8-,9-,10-,11-,12+;/m1./s1. The van der Waals surface area contributed by atoms with Crippen molar-refractivity contribution in [3.63, 3.8) is 0 Å². The molecule has 208 valence electrons. The molecule has 4 rings (SSSR count). The van der Waals surface area contributed by atoms with E-state index < -0.39 is 86.2 Å². The van der Waals surface area contributed by atoms with Crippen LogP contribution >= 0.6 is 0 Å². The van der Waals surface area contributed by atoms with Crippen molar-refractivity contribution in [3.8, 4) is 0 Å². The first-order chi connectivity index (χ1) is 17.4. The van der Waals surface area contributed by atoms with Crippen LogP contribution in [0, 0.1) is 0 Å². The maximum Gasteiger partial charge on any atom is 0.352 e. The van der Waals surface area contributed by atoms with E-state index >= 15 is 0 Å².